The van der Waals surface area contributed by atoms with E-state index < -0.39 is 0 Å². The van der Waals surface area contributed by atoms with Gasteiger partial charge in [-0.25, -0.2) is 19.2 Å². The lowest BCUT2D eigenvalue weighted by atomic mass is 9.98. The summed E-state index contributed by atoms with van der Waals surface area (Å²) in [5.41, 5.74) is 4.62. The van der Waals surface area contributed by atoms with Gasteiger partial charge in [0.05, 0.1) is 35.1 Å². The van der Waals surface area contributed by atoms with Crippen molar-refractivity contribution in [2.75, 3.05) is 11.9 Å². The molecule has 4 aromatic heterocycles. The molecule has 0 radical (unpaired) electrons. The fourth-order valence-corrected chi connectivity index (χ4v) is 4.81. The number of aryl methyl sites for hydroxylation is 2. The zero-order valence-electron chi connectivity index (χ0n) is 17.1. The highest BCUT2D eigenvalue weighted by molar-refractivity contribution is 5.79. The Hall–Kier alpha value is -3.07. The lowest BCUT2D eigenvalue weighted by Gasteiger charge is -2.23. The van der Waals surface area contributed by atoms with Crippen LogP contribution in [0.2, 0.25) is 0 Å². The number of nitrogens with one attached hydrogen (secondary N) is 1. The summed E-state index contributed by atoms with van der Waals surface area (Å²) < 4.78 is 9.87. The first-order chi connectivity index (χ1) is 14.6. The van der Waals surface area contributed by atoms with Crippen molar-refractivity contribution in [1.29, 1.82) is 0 Å². The second-order valence-electron chi connectivity index (χ2n) is 8.54. The fourth-order valence-electron chi connectivity index (χ4n) is 4.81. The van der Waals surface area contributed by atoms with Crippen LogP contribution < -0.4 is 5.32 Å². The van der Waals surface area contributed by atoms with E-state index in [1.807, 2.05) is 32.3 Å². The molecule has 9 nitrogen and oxygen atoms in total. The SMILES string of the molecule is Cc1cc2ncnn2cc1Nc1ncc2c(C)nn([C@H]3CC4CC[C@H](C3)OC4)c2n1. The van der Waals surface area contributed by atoms with Gasteiger partial charge in [0.15, 0.2) is 11.3 Å². The zero-order valence-corrected chi connectivity index (χ0v) is 17.1. The predicted octanol–water partition coefficient (Wildman–Crippen LogP) is 3.36. The monoisotopic (exact) mass is 404 g/mol. The van der Waals surface area contributed by atoms with E-state index in [1.165, 1.54) is 6.42 Å². The van der Waals surface area contributed by atoms with Crippen LogP contribution in [0.1, 0.15) is 43.0 Å². The molecule has 0 spiro atoms. The second kappa shape index (κ2) is 6.73. The van der Waals surface area contributed by atoms with Crippen molar-refractivity contribution in [2.24, 2.45) is 5.92 Å². The van der Waals surface area contributed by atoms with Gasteiger partial charge in [-0.15, -0.1) is 0 Å². The summed E-state index contributed by atoms with van der Waals surface area (Å²) in [4.78, 5) is 13.6. The highest BCUT2D eigenvalue weighted by Crippen LogP contribution is 2.38. The van der Waals surface area contributed by atoms with Crippen molar-refractivity contribution >= 4 is 28.3 Å². The van der Waals surface area contributed by atoms with E-state index in [4.69, 9.17) is 14.8 Å². The van der Waals surface area contributed by atoms with E-state index >= 15 is 0 Å². The lowest BCUT2D eigenvalue weighted by Crippen LogP contribution is -2.21. The van der Waals surface area contributed by atoms with E-state index in [0.29, 0.717) is 24.0 Å². The van der Waals surface area contributed by atoms with Crippen LogP contribution in [0.5, 0.6) is 0 Å². The molecule has 154 valence electrons. The fraction of sp³-hybridized carbons (Fsp3) is 0.476. The van der Waals surface area contributed by atoms with Crippen LogP contribution in [-0.2, 0) is 4.74 Å². The van der Waals surface area contributed by atoms with Crippen LogP contribution in [0.3, 0.4) is 0 Å². The number of anilines is 2. The maximum absolute atomic E-state index is 6.02. The van der Waals surface area contributed by atoms with Gasteiger partial charge in [-0.05, 0) is 57.1 Å². The quantitative estimate of drug-likeness (QED) is 0.559. The molecule has 0 aromatic carbocycles. The van der Waals surface area contributed by atoms with Crippen molar-refractivity contribution in [3.05, 3.63) is 36.0 Å². The minimum atomic E-state index is 0.317. The van der Waals surface area contributed by atoms with Crippen LogP contribution in [0.4, 0.5) is 11.6 Å². The largest absolute Gasteiger partial charge is 0.378 e. The Balaban J connectivity index is 1.38. The molecule has 7 rings (SSSR count). The average molecular weight is 404 g/mol. The minimum Gasteiger partial charge on any atom is -0.378 e. The maximum atomic E-state index is 6.02. The topological polar surface area (TPSA) is 95.1 Å². The third-order valence-corrected chi connectivity index (χ3v) is 6.45. The van der Waals surface area contributed by atoms with Crippen molar-refractivity contribution < 1.29 is 4.74 Å². The summed E-state index contributed by atoms with van der Waals surface area (Å²) in [6.45, 7) is 4.94. The summed E-state index contributed by atoms with van der Waals surface area (Å²) in [6, 6.07) is 2.31. The van der Waals surface area contributed by atoms with Gasteiger partial charge in [-0.2, -0.15) is 15.2 Å². The van der Waals surface area contributed by atoms with Gasteiger partial charge in [0, 0.05) is 12.8 Å². The summed E-state index contributed by atoms with van der Waals surface area (Å²) in [5, 5.41) is 13.4. The van der Waals surface area contributed by atoms with Crippen molar-refractivity contribution in [2.45, 2.75) is 51.7 Å². The third kappa shape index (κ3) is 2.92. The number of hydrogen-bond acceptors (Lipinski definition) is 7. The Morgan fingerprint density at radius 1 is 1.17 bits per heavy atom. The summed E-state index contributed by atoms with van der Waals surface area (Å²) >= 11 is 0. The first-order valence-electron chi connectivity index (χ1n) is 10.5. The molecule has 2 saturated heterocycles. The molecule has 2 aliphatic heterocycles. The molecule has 3 fully saturated rings. The van der Waals surface area contributed by atoms with E-state index in [2.05, 4.69) is 25.1 Å². The Morgan fingerprint density at radius 2 is 2.10 bits per heavy atom. The molecular formula is C21H24N8O. The highest BCUT2D eigenvalue weighted by atomic mass is 16.5. The first-order valence-corrected chi connectivity index (χ1v) is 10.5. The highest BCUT2D eigenvalue weighted by Gasteiger charge is 2.33. The number of fused-ring (bicyclic) bond motifs is 6. The van der Waals surface area contributed by atoms with Gasteiger partial charge in [-0.3, -0.25) is 0 Å². The van der Waals surface area contributed by atoms with Crippen molar-refractivity contribution in [3.63, 3.8) is 0 Å². The number of aromatic nitrogens is 7. The molecule has 3 aliphatic rings. The molecule has 2 bridgehead atoms. The van der Waals surface area contributed by atoms with Crippen LogP contribution in [0, 0.1) is 19.8 Å². The Labute approximate surface area is 173 Å². The molecule has 1 N–H and O–H groups in total. The number of ether oxygens (including phenoxy) is 1. The third-order valence-electron chi connectivity index (χ3n) is 6.45. The molecule has 4 aromatic rings. The van der Waals surface area contributed by atoms with E-state index in [9.17, 15) is 0 Å². The minimum absolute atomic E-state index is 0.317. The van der Waals surface area contributed by atoms with E-state index in [-0.39, 0.29) is 0 Å². The maximum Gasteiger partial charge on any atom is 0.229 e. The molecule has 1 saturated carbocycles. The normalized spacial score (nSPS) is 23.9. The molecule has 0 amide bonds. The molecular weight excluding hydrogens is 380 g/mol. The van der Waals surface area contributed by atoms with Gasteiger partial charge >= 0.3 is 0 Å². The molecule has 30 heavy (non-hydrogen) atoms. The number of pyridine rings is 1. The Kier molecular flexibility index (Phi) is 3.98. The summed E-state index contributed by atoms with van der Waals surface area (Å²) in [5.74, 6) is 1.17. The van der Waals surface area contributed by atoms with E-state index in [1.54, 1.807) is 10.8 Å². The van der Waals surface area contributed by atoms with Gasteiger partial charge in [-0.1, -0.05) is 0 Å². The smallest absolute Gasteiger partial charge is 0.229 e. The van der Waals surface area contributed by atoms with Crippen LogP contribution >= 0.6 is 0 Å². The van der Waals surface area contributed by atoms with Crippen molar-refractivity contribution in [1.82, 2.24) is 34.3 Å². The van der Waals surface area contributed by atoms with E-state index in [0.717, 1.165) is 59.5 Å². The standard InChI is InChI=1S/C21H24N8O/c1-12-5-19-23-11-24-28(19)9-18(12)25-21-22-8-17-13(2)27-29(20(17)26-21)15-6-14-3-4-16(7-15)30-10-14/h5,8-9,11,14-16H,3-4,6-7,10H2,1-2H3,(H,22,25,26)/t14?,15-,16+/m0/s1. The van der Waals surface area contributed by atoms with Gasteiger partial charge in [0.1, 0.15) is 6.33 Å². The molecule has 3 atom stereocenters. The van der Waals surface area contributed by atoms with Gasteiger partial charge < -0.3 is 10.1 Å². The molecule has 1 unspecified atom stereocenters. The van der Waals surface area contributed by atoms with Gasteiger partial charge in [0.2, 0.25) is 5.95 Å². The predicted molar refractivity (Wildman–Crippen MR) is 112 cm³/mol. The van der Waals surface area contributed by atoms with Gasteiger partial charge in [0.25, 0.3) is 0 Å². The number of nitrogens with zero attached hydrogens (tertiary/aromatic N) is 7. The summed E-state index contributed by atoms with van der Waals surface area (Å²) in [6.07, 6.45) is 10.2. The molecule has 1 aliphatic carbocycles. The number of hydrogen-bond donors (Lipinski definition) is 1. The molecule has 6 heterocycles. The van der Waals surface area contributed by atoms with Crippen LogP contribution in [-0.4, -0.2) is 47.1 Å². The van der Waals surface area contributed by atoms with Crippen LogP contribution in [0.25, 0.3) is 16.7 Å². The zero-order chi connectivity index (χ0) is 20.2. The molecule has 9 heteroatoms. The second-order valence-corrected chi connectivity index (χ2v) is 8.54. The number of rotatable bonds is 3. The average Bonchev–Trinajstić information content (AvgIpc) is 3.18. The van der Waals surface area contributed by atoms with Crippen LogP contribution in [0.15, 0.2) is 24.8 Å². The first kappa shape index (κ1) is 17.8. The Bertz CT molecular complexity index is 1220. The Morgan fingerprint density at radius 3 is 2.97 bits per heavy atom. The lowest BCUT2D eigenvalue weighted by molar-refractivity contribution is -0.00236. The summed E-state index contributed by atoms with van der Waals surface area (Å²) in [7, 11) is 0. The van der Waals surface area contributed by atoms with Crippen molar-refractivity contribution in [3.8, 4) is 0 Å².